The predicted octanol–water partition coefficient (Wildman–Crippen LogP) is 4.12. The molecule has 0 aliphatic carbocycles. The van der Waals surface area contributed by atoms with Gasteiger partial charge < -0.3 is 10.6 Å². The van der Waals surface area contributed by atoms with E-state index in [1.54, 1.807) is 11.8 Å². The fourth-order valence-electron chi connectivity index (χ4n) is 3.00. The molecule has 2 atom stereocenters. The summed E-state index contributed by atoms with van der Waals surface area (Å²) in [6.45, 7) is 4.12. The number of amides is 1. The van der Waals surface area contributed by atoms with Gasteiger partial charge in [-0.25, -0.2) is 0 Å². The summed E-state index contributed by atoms with van der Waals surface area (Å²) in [5.41, 5.74) is 0. The lowest BCUT2D eigenvalue weighted by Crippen LogP contribution is -2.48. The van der Waals surface area contributed by atoms with Crippen molar-refractivity contribution in [3.8, 4) is 0 Å². The van der Waals surface area contributed by atoms with Crippen LogP contribution in [0.1, 0.15) is 13.3 Å². The van der Waals surface area contributed by atoms with Gasteiger partial charge in [-0.3, -0.25) is 4.79 Å². The van der Waals surface area contributed by atoms with E-state index in [9.17, 15) is 4.79 Å². The number of carbonyl (C=O) groups excluding carboxylic acids is 1. The number of hydrogen-bond acceptors (Lipinski definition) is 3. The molecule has 3 rings (SSSR count). The Kier molecular flexibility index (Phi) is 7.23. The van der Waals surface area contributed by atoms with Crippen molar-refractivity contribution in [3.63, 3.8) is 0 Å². The summed E-state index contributed by atoms with van der Waals surface area (Å²) in [5.74, 6) is 0.989. The minimum atomic E-state index is 0. The molecule has 0 saturated carbocycles. The minimum absolute atomic E-state index is 0. The first-order valence-corrected chi connectivity index (χ1v) is 9.31. The molecule has 0 bridgehead atoms. The van der Waals surface area contributed by atoms with Crippen LogP contribution in [-0.4, -0.2) is 30.8 Å². The highest BCUT2D eigenvalue weighted by Crippen LogP contribution is 2.33. The van der Waals surface area contributed by atoms with Gasteiger partial charge in [0.25, 0.3) is 0 Å². The molecule has 2 aromatic rings. The lowest BCUT2D eigenvalue weighted by atomic mass is 9.95. The average Bonchev–Trinajstić information content (AvgIpc) is 2.55. The quantitative estimate of drug-likeness (QED) is 0.778. The average molecular weight is 385 g/mol. The first-order valence-electron chi connectivity index (χ1n) is 7.95. The summed E-state index contributed by atoms with van der Waals surface area (Å²) in [7, 11) is 0. The molecule has 0 radical (unpaired) electrons. The molecule has 1 aliphatic rings. The largest absolute Gasteiger partial charge is 0.352 e. The molecule has 0 aromatic heterocycles. The van der Waals surface area contributed by atoms with Crippen LogP contribution in [0.15, 0.2) is 41.3 Å². The number of carbonyl (C=O) groups is 1. The Bertz CT molecular complexity index is 705. The molecule has 2 N–H and O–H groups in total. The van der Waals surface area contributed by atoms with Gasteiger partial charge >= 0.3 is 0 Å². The summed E-state index contributed by atoms with van der Waals surface area (Å²) < 4.78 is 0. The number of piperidine rings is 1. The smallest absolute Gasteiger partial charge is 0.230 e. The molecule has 1 fully saturated rings. The monoisotopic (exact) mass is 384 g/mol. The van der Waals surface area contributed by atoms with Crippen LogP contribution in [0.3, 0.4) is 0 Å². The van der Waals surface area contributed by atoms with Crippen molar-refractivity contribution < 1.29 is 4.79 Å². The molecule has 6 heteroatoms. The van der Waals surface area contributed by atoms with Crippen LogP contribution in [-0.2, 0) is 4.79 Å². The van der Waals surface area contributed by atoms with Crippen molar-refractivity contribution in [2.24, 2.45) is 5.92 Å². The third-order valence-electron chi connectivity index (χ3n) is 4.31. The van der Waals surface area contributed by atoms with Crippen LogP contribution in [0.5, 0.6) is 0 Å². The van der Waals surface area contributed by atoms with Crippen LogP contribution in [0, 0.1) is 5.92 Å². The maximum atomic E-state index is 12.3. The Hall–Kier alpha value is -0.940. The molecule has 0 spiro atoms. The van der Waals surface area contributed by atoms with Crippen molar-refractivity contribution in [3.05, 3.63) is 41.4 Å². The van der Waals surface area contributed by atoms with Crippen LogP contribution in [0.4, 0.5) is 0 Å². The van der Waals surface area contributed by atoms with Gasteiger partial charge in [0.2, 0.25) is 5.91 Å². The SMILES string of the molecule is CC1CNCCC1NC(=O)CSc1cccc2cccc(Cl)c12.Cl. The molecule has 1 saturated heterocycles. The second kappa shape index (κ2) is 8.95. The van der Waals surface area contributed by atoms with Crippen molar-refractivity contribution in [1.82, 2.24) is 10.6 Å². The molecule has 1 heterocycles. The highest BCUT2D eigenvalue weighted by molar-refractivity contribution is 8.00. The van der Waals surface area contributed by atoms with Gasteiger partial charge in [-0.05, 0) is 42.9 Å². The molecule has 1 aliphatic heterocycles. The highest BCUT2D eigenvalue weighted by Gasteiger charge is 2.22. The lowest BCUT2D eigenvalue weighted by molar-refractivity contribution is -0.119. The summed E-state index contributed by atoms with van der Waals surface area (Å²) in [4.78, 5) is 13.3. The maximum Gasteiger partial charge on any atom is 0.230 e. The highest BCUT2D eigenvalue weighted by atomic mass is 35.5. The van der Waals surface area contributed by atoms with Gasteiger partial charge in [-0.15, -0.1) is 24.2 Å². The van der Waals surface area contributed by atoms with Crippen molar-refractivity contribution in [1.29, 1.82) is 0 Å². The van der Waals surface area contributed by atoms with Crippen molar-refractivity contribution >= 4 is 52.4 Å². The summed E-state index contributed by atoms with van der Waals surface area (Å²) in [6.07, 6.45) is 0.998. The van der Waals surface area contributed by atoms with Crippen molar-refractivity contribution in [2.75, 3.05) is 18.8 Å². The van der Waals surface area contributed by atoms with E-state index in [1.807, 2.05) is 36.4 Å². The third-order valence-corrected chi connectivity index (χ3v) is 5.68. The van der Waals surface area contributed by atoms with E-state index in [-0.39, 0.29) is 24.4 Å². The topological polar surface area (TPSA) is 41.1 Å². The fraction of sp³-hybridized carbons (Fsp3) is 0.389. The Labute approximate surface area is 158 Å². The van der Waals surface area contributed by atoms with Crippen LogP contribution in [0.2, 0.25) is 5.02 Å². The summed E-state index contributed by atoms with van der Waals surface area (Å²) >= 11 is 7.88. The molecular formula is C18H22Cl2N2OS. The first-order chi connectivity index (χ1) is 11.1. The molecule has 130 valence electrons. The number of rotatable bonds is 4. The minimum Gasteiger partial charge on any atom is -0.352 e. The van der Waals surface area contributed by atoms with E-state index in [1.165, 1.54) is 0 Å². The first kappa shape index (κ1) is 19.4. The maximum absolute atomic E-state index is 12.3. The van der Waals surface area contributed by atoms with E-state index >= 15 is 0 Å². The van der Waals surface area contributed by atoms with E-state index in [2.05, 4.69) is 17.6 Å². The van der Waals surface area contributed by atoms with Gasteiger partial charge in [0.15, 0.2) is 0 Å². The molecule has 2 aromatic carbocycles. The normalized spacial score (nSPS) is 20.4. The predicted molar refractivity (Wildman–Crippen MR) is 106 cm³/mol. The molecule has 24 heavy (non-hydrogen) atoms. The van der Waals surface area contributed by atoms with Crippen LogP contribution < -0.4 is 10.6 Å². The van der Waals surface area contributed by atoms with Crippen molar-refractivity contribution in [2.45, 2.75) is 24.3 Å². The number of fused-ring (bicyclic) bond motifs is 1. The Morgan fingerprint density at radius 2 is 2.08 bits per heavy atom. The molecule has 3 nitrogen and oxygen atoms in total. The third kappa shape index (κ3) is 4.57. The number of benzene rings is 2. The molecule has 1 amide bonds. The van der Waals surface area contributed by atoms with Gasteiger partial charge in [0.1, 0.15) is 0 Å². The van der Waals surface area contributed by atoms with Gasteiger partial charge in [0.05, 0.1) is 5.75 Å². The Balaban J connectivity index is 0.00000208. The van der Waals surface area contributed by atoms with E-state index in [0.29, 0.717) is 11.7 Å². The van der Waals surface area contributed by atoms with E-state index < -0.39 is 0 Å². The lowest BCUT2D eigenvalue weighted by Gasteiger charge is -2.30. The molecule has 2 unspecified atom stereocenters. The second-order valence-electron chi connectivity index (χ2n) is 6.03. The number of halogens is 2. The summed E-state index contributed by atoms with van der Waals surface area (Å²) in [6, 6.07) is 12.2. The standard InChI is InChI=1S/C18H21ClN2OS.ClH/c1-12-10-20-9-8-15(12)21-17(22)11-23-16-7-3-5-13-4-2-6-14(19)18(13)16;/h2-7,12,15,20H,8-11H2,1H3,(H,21,22);1H. The van der Waals surface area contributed by atoms with Gasteiger partial charge in [0, 0.05) is 21.3 Å². The van der Waals surface area contributed by atoms with Crippen LogP contribution in [0.25, 0.3) is 10.8 Å². The van der Waals surface area contributed by atoms with E-state index in [4.69, 9.17) is 11.6 Å². The zero-order chi connectivity index (χ0) is 16.2. The Morgan fingerprint density at radius 1 is 1.33 bits per heavy atom. The number of nitrogens with one attached hydrogen (secondary N) is 2. The second-order valence-corrected chi connectivity index (χ2v) is 7.45. The van der Waals surface area contributed by atoms with Gasteiger partial charge in [-0.1, -0.05) is 42.8 Å². The number of thioether (sulfide) groups is 1. The van der Waals surface area contributed by atoms with Gasteiger partial charge in [-0.2, -0.15) is 0 Å². The zero-order valence-electron chi connectivity index (χ0n) is 13.5. The fourth-order valence-corrected chi connectivity index (χ4v) is 4.26. The zero-order valence-corrected chi connectivity index (χ0v) is 15.9. The Morgan fingerprint density at radius 3 is 2.83 bits per heavy atom. The summed E-state index contributed by atoms with van der Waals surface area (Å²) in [5, 5.41) is 9.39. The van der Waals surface area contributed by atoms with E-state index in [0.717, 1.165) is 40.2 Å². The van der Waals surface area contributed by atoms with Crippen LogP contribution >= 0.6 is 35.8 Å². The number of hydrogen-bond donors (Lipinski definition) is 2. The molecular weight excluding hydrogens is 363 g/mol.